The van der Waals surface area contributed by atoms with Crippen molar-refractivity contribution in [2.75, 3.05) is 26.2 Å². The van der Waals surface area contributed by atoms with E-state index in [1.807, 2.05) is 0 Å². The maximum absolute atomic E-state index is 12.3. The molecule has 1 saturated heterocycles. The van der Waals surface area contributed by atoms with E-state index in [2.05, 4.69) is 23.9 Å². The summed E-state index contributed by atoms with van der Waals surface area (Å²) in [6, 6.07) is 0.170. The number of rotatable bonds is 7. The predicted octanol–water partition coefficient (Wildman–Crippen LogP) is 0.941. The molecule has 5 nitrogen and oxygen atoms in total. The van der Waals surface area contributed by atoms with Gasteiger partial charge in [0.05, 0.1) is 0 Å². The van der Waals surface area contributed by atoms with Crippen LogP contribution in [0.2, 0.25) is 0 Å². The molecular weight excluding hydrogens is 262 g/mol. The van der Waals surface area contributed by atoms with Crippen LogP contribution < -0.4 is 10.0 Å². The molecular formula is C13H27N3O2S. The molecule has 0 radical (unpaired) electrons. The molecule has 0 spiro atoms. The monoisotopic (exact) mass is 289 g/mol. The van der Waals surface area contributed by atoms with Crippen molar-refractivity contribution in [2.24, 2.45) is 11.8 Å². The second kappa shape index (κ2) is 6.52. The van der Waals surface area contributed by atoms with Crippen molar-refractivity contribution in [1.82, 2.24) is 14.3 Å². The second-order valence-corrected chi connectivity index (χ2v) is 7.71. The highest BCUT2D eigenvalue weighted by Gasteiger charge is 2.38. The van der Waals surface area contributed by atoms with Crippen molar-refractivity contribution in [1.29, 1.82) is 0 Å². The number of hydrogen-bond donors (Lipinski definition) is 2. The Morgan fingerprint density at radius 2 is 2.11 bits per heavy atom. The van der Waals surface area contributed by atoms with Gasteiger partial charge in [-0.2, -0.15) is 17.4 Å². The first kappa shape index (κ1) is 15.2. The zero-order valence-electron chi connectivity index (χ0n) is 12.1. The third-order valence-corrected chi connectivity index (χ3v) is 5.70. The van der Waals surface area contributed by atoms with E-state index in [0.29, 0.717) is 24.9 Å². The largest absolute Gasteiger partial charge is 0.316 e. The quantitative estimate of drug-likeness (QED) is 0.686. The Bertz CT molecular complexity index is 385. The fourth-order valence-electron chi connectivity index (χ4n) is 2.65. The maximum Gasteiger partial charge on any atom is 0.279 e. The molecule has 6 heteroatoms. The lowest BCUT2D eigenvalue weighted by atomic mass is 10.00. The summed E-state index contributed by atoms with van der Waals surface area (Å²) < 4.78 is 29.0. The third-order valence-electron chi connectivity index (χ3n) is 4.09. The van der Waals surface area contributed by atoms with Gasteiger partial charge in [0.25, 0.3) is 10.2 Å². The summed E-state index contributed by atoms with van der Waals surface area (Å²) in [7, 11) is -3.26. The first-order valence-electron chi connectivity index (χ1n) is 7.51. The summed E-state index contributed by atoms with van der Waals surface area (Å²) in [5, 5.41) is 3.40. The summed E-state index contributed by atoms with van der Waals surface area (Å²) in [6.07, 6.45) is 4.20. The van der Waals surface area contributed by atoms with Gasteiger partial charge >= 0.3 is 0 Å². The van der Waals surface area contributed by atoms with E-state index < -0.39 is 10.2 Å². The van der Waals surface area contributed by atoms with Gasteiger partial charge in [-0.15, -0.1) is 0 Å². The summed E-state index contributed by atoms with van der Waals surface area (Å²) in [6.45, 7) is 7.50. The van der Waals surface area contributed by atoms with Crippen LogP contribution in [0.25, 0.3) is 0 Å². The van der Waals surface area contributed by atoms with Crippen molar-refractivity contribution in [3.63, 3.8) is 0 Å². The Morgan fingerprint density at radius 3 is 2.74 bits per heavy atom. The minimum Gasteiger partial charge on any atom is -0.316 e. The lowest BCUT2D eigenvalue weighted by Gasteiger charge is -2.32. The molecule has 2 fully saturated rings. The summed E-state index contributed by atoms with van der Waals surface area (Å²) in [5.41, 5.74) is 0. The SMILES string of the molecule is CCCNCC1CCCN(S(=O)(=O)NC2CC2C)C1. The Hall–Kier alpha value is -0.170. The Morgan fingerprint density at radius 1 is 1.37 bits per heavy atom. The highest BCUT2D eigenvalue weighted by Crippen LogP contribution is 2.30. The third kappa shape index (κ3) is 4.41. The molecule has 0 bridgehead atoms. The zero-order valence-corrected chi connectivity index (χ0v) is 12.9. The molecule has 2 rings (SSSR count). The smallest absolute Gasteiger partial charge is 0.279 e. The highest BCUT2D eigenvalue weighted by atomic mass is 32.2. The van der Waals surface area contributed by atoms with Crippen molar-refractivity contribution < 1.29 is 8.42 Å². The van der Waals surface area contributed by atoms with Crippen LogP contribution in [0.15, 0.2) is 0 Å². The van der Waals surface area contributed by atoms with E-state index in [-0.39, 0.29) is 6.04 Å². The first-order valence-corrected chi connectivity index (χ1v) is 8.95. The minimum absolute atomic E-state index is 0.170. The van der Waals surface area contributed by atoms with E-state index >= 15 is 0 Å². The van der Waals surface area contributed by atoms with Gasteiger partial charge in [-0.25, -0.2) is 0 Å². The molecule has 1 aliphatic heterocycles. The van der Waals surface area contributed by atoms with Gasteiger partial charge in [-0.1, -0.05) is 13.8 Å². The molecule has 1 saturated carbocycles. The van der Waals surface area contributed by atoms with Crippen LogP contribution >= 0.6 is 0 Å². The number of nitrogens with zero attached hydrogens (tertiary/aromatic N) is 1. The van der Waals surface area contributed by atoms with E-state index in [1.165, 1.54) is 0 Å². The number of piperidine rings is 1. The van der Waals surface area contributed by atoms with Crippen LogP contribution in [0.4, 0.5) is 0 Å². The molecule has 2 N–H and O–H groups in total. The van der Waals surface area contributed by atoms with Crippen LogP contribution in [0, 0.1) is 11.8 Å². The number of hydrogen-bond acceptors (Lipinski definition) is 3. The maximum atomic E-state index is 12.3. The van der Waals surface area contributed by atoms with Crippen molar-refractivity contribution in [3.05, 3.63) is 0 Å². The van der Waals surface area contributed by atoms with Gasteiger partial charge < -0.3 is 5.32 Å². The molecule has 0 aromatic carbocycles. The van der Waals surface area contributed by atoms with Gasteiger partial charge in [0, 0.05) is 19.1 Å². The van der Waals surface area contributed by atoms with Crippen LogP contribution in [0.3, 0.4) is 0 Å². The molecule has 0 aromatic heterocycles. The van der Waals surface area contributed by atoms with Gasteiger partial charge in [0.15, 0.2) is 0 Å². The topological polar surface area (TPSA) is 61.4 Å². The second-order valence-electron chi connectivity index (χ2n) is 6.01. The standard InChI is InChI=1S/C13H27N3O2S/c1-3-6-14-9-12-5-4-7-16(10-12)19(17,18)15-13-8-11(13)2/h11-15H,3-10H2,1-2H3. The van der Waals surface area contributed by atoms with Gasteiger partial charge in [-0.05, 0) is 50.6 Å². The van der Waals surface area contributed by atoms with Crippen molar-refractivity contribution >= 4 is 10.2 Å². The van der Waals surface area contributed by atoms with E-state index in [0.717, 1.165) is 38.8 Å². The molecule has 3 unspecified atom stereocenters. The van der Waals surface area contributed by atoms with Crippen LogP contribution in [0.1, 0.15) is 39.5 Å². The van der Waals surface area contributed by atoms with Crippen molar-refractivity contribution in [3.8, 4) is 0 Å². The summed E-state index contributed by atoms with van der Waals surface area (Å²) >= 11 is 0. The molecule has 112 valence electrons. The molecule has 3 atom stereocenters. The van der Waals surface area contributed by atoms with E-state index in [1.54, 1.807) is 4.31 Å². The van der Waals surface area contributed by atoms with Crippen LogP contribution in [0.5, 0.6) is 0 Å². The Labute approximate surface area is 117 Å². The fourth-order valence-corrected chi connectivity index (χ4v) is 4.28. The molecule has 1 heterocycles. The molecule has 0 aromatic rings. The van der Waals surface area contributed by atoms with Gasteiger partial charge in [0.1, 0.15) is 0 Å². The highest BCUT2D eigenvalue weighted by molar-refractivity contribution is 7.87. The first-order chi connectivity index (χ1) is 9.03. The summed E-state index contributed by atoms with van der Waals surface area (Å²) in [4.78, 5) is 0. The van der Waals surface area contributed by atoms with Gasteiger partial charge in [0.2, 0.25) is 0 Å². The minimum atomic E-state index is -3.26. The molecule has 2 aliphatic rings. The lowest BCUT2D eigenvalue weighted by Crippen LogP contribution is -2.48. The molecule has 0 amide bonds. The van der Waals surface area contributed by atoms with Crippen LogP contribution in [-0.2, 0) is 10.2 Å². The van der Waals surface area contributed by atoms with Gasteiger partial charge in [-0.3, -0.25) is 0 Å². The van der Waals surface area contributed by atoms with E-state index in [9.17, 15) is 8.42 Å². The molecule has 19 heavy (non-hydrogen) atoms. The normalized spacial score (nSPS) is 32.4. The predicted molar refractivity (Wildman–Crippen MR) is 77.1 cm³/mol. The lowest BCUT2D eigenvalue weighted by molar-refractivity contribution is 0.257. The molecule has 1 aliphatic carbocycles. The average Bonchev–Trinajstić information content (AvgIpc) is 3.05. The zero-order chi connectivity index (χ0) is 13.9. The van der Waals surface area contributed by atoms with Crippen molar-refractivity contribution in [2.45, 2.75) is 45.6 Å². The number of nitrogens with one attached hydrogen (secondary N) is 2. The Balaban J connectivity index is 1.82. The Kier molecular flexibility index (Phi) is 5.22. The van der Waals surface area contributed by atoms with E-state index in [4.69, 9.17) is 0 Å². The summed E-state index contributed by atoms with van der Waals surface area (Å²) in [5.74, 6) is 0.954. The van der Waals surface area contributed by atoms with Crippen LogP contribution in [-0.4, -0.2) is 44.9 Å². The average molecular weight is 289 g/mol. The fraction of sp³-hybridized carbons (Fsp3) is 1.00.